The van der Waals surface area contributed by atoms with Crippen LogP contribution in [0.2, 0.25) is 0 Å². The number of carbonyl (C=O) groups excluding carboxylic acids is 2. The van der Waals surface area contributed by atoms with Crippen LogP contribution >= 0.6 is 0 Å². The first-order valence-corrected chi connectivity index (χ1v) is 9.31. The van der Waals surface area contributed by atoms with Crippen LogP contribution < -0.4 is 10.1 Å². The molecule has 144 valence electrons. The molecule has 7 nitrogen and oxygen atoms in total. The van der Waals surface area contributed by atoms with Crippen LogP contribution in [0.15, 0.2) is 18.3 Å². The number of pyridine rings is 1. The van der Waals surface area contributed by atoms with E-state index in [1.807, 2.05) is 12.1 Å². The van der Waals surface area contributed by atoms with Crippen LogP contribution in [0.3, 0.4) is 0 Å². The van der Waals surface area contributed by atoms with Crippen molar-refractivity contribution in [3.05, 3.63) is 23.9 Å². The SMILES string of the molecule is COC(=O)CC(=O)NCCCCOc1cc(CN2CCCCC2)ccn1. The number of amides is 1. The Morgan fingerprint density at radius 2 is 2.04 bits per heavy atom. The molecule has 0 unspecified atom stereocenters. The van der Waals surface area contributed by atoms with Crippen molar-refractivity contribution in [3.8, 4) is 5.88 Å². The molecular weight excluding hydrogens is 334 g/mol. The number of esters is 1. The van der Waals surface area contributed by atoms with E-state index in [1.54, 1.807) is 6.20 Å². The van der Waals surface area contributed by atoms with Gasteiger partial charge in [-0.3, -0.25) is 14.5 Å². The Morgan fingerprint density at radius 1 is 1.23 bits per heavy atom. The predicted molar refractivity (Wildman–Crippen MR) is 97.7 cm³/mol. The smallest absolute Gasteiger partial charge is 0.315 e. The molecule has 0 spiro atoms. The number of rotatable bonds is 10. The molecule has 1 aliphatic rings. The molecule has 2 rings (SSSR count). The highest BCUT2D eigenvalue weighted by Gasteiger charge is 2.11. The second kappa shape index (κ2) is 11.5. The molecule has 0 saturated carbocycles. The lowest BCUT2D eigenvalue weighted by Crippen LogP contribution is -2.29. The van der Waals surface area contributed by atoms with Gasteiger partial charge in [0.2, 0.25) is 11.8 Å². The van der Waals surface area contributed by atoms with Gasteiger partial charge >= 0.3 is 5.97 Å². The van der Waals surface area contributed by atoms with Crippen molar-refractivity contribution in [2.75, 3.05) is 33.4 Å². The minimum atomic E-state index is -0.527. The second-order valence-electron chi connectivity index (χ2n) is 6.50. The molecule has 0 atom stereocenters. The molecule has 1 amide bonds. The summed E-state index contributed by atoms with van der Waals surface area (Å²) in [5.41, 5.74) is 1.23. The summed E-state index contributed by atoms with van der Waals surface area (Å²) in [5, 5.41) is 2.68. The lowest BCUT2D eigenvalue weighted by atomic mass is 10.1. The van der Waals surface area contributed by atoms with Crippen LogP contribution in [-0.2, 0) is 20.9 Å². The maximum Gasteiger partial charge on any atom is 0.315 e. The number of nitrogens with zero attached hydrogens (tertiary/aromatic N) is 2. The predicted octanol–water partition coefficient (Wildman–Crippen LogP) is 1.91. The minimum Gasteiger partial charge on any atom is -0.478 e. The molecule has 1 aliphatic heterocycles. The molecule has 0 aliphatic carbocycles. The number of ether oxygens (including phenoxy) is 2. The normalized spacial score (nSPS) is 14.7. The van der Waals surface area contributed by atoms with Gasteiger partial charge in [-0.15, -0.1) is 0 Å². The lowest BCUT2D eigenvalue weighted by molar-refractivity contribution is -0.143. The number of hydrogen-bond acceptors (Lipinski definition) is 6. The van der Waals surface area contributed by atoms with Crippen LogP contribution in [0.5, 0.6) is 5.88 Å². The van der Waals surface area contributed by atoms with Crippen molar-refractivity contribution < 1.29 is 19.1 Å². The summed E-state index contributed by atoms with van der Waals surface area (Å²) in [5.74, 6) is -0.194. The molecule has 2 heterocycles. The highest BCUT2D eigenvalue weighted by Crippen LogP contribution is 2.15. The van der Waals surface area contributed by atoms with Gasteiger partial charge in [0.25, 0.3) is 0 Å². The van der Waals surface area contributed by atoms with E-state index < -0.39 is 5.97 Å². The third kappa shape index (κ3) is 7.82. The summed E-state index contributed by atoms with van der Waals surface area (Å²) in [6.45, 7) is 4.35. The van der Waals surface area contributed by atoms with E-state index in [9.17, 15) is 9.59 Å². The summed E-state index contributed by atoms with van der Waals surface area (Å²) in [7, 11) is 1.27. The monoisotopic (exact) mass is 363 g/mol. The largest absolute Gasteiger partial charge is 0.478 e. The van der Waals surface area contributed by atoms with Crippen LogP contribution in [-0.4, -0.2) is 55.1 Å². The fraction of sp³-hybridized carbons (Fsp3) is 0.632. The molecule has 1 N–H and O–H groups in total. The highest BCUT2D eigenvalue weighted by atomic mass is 16.5. The second-order valence-corrected chi connectivity index (χ2v) is 6.50. The number of methoxy groups -OCH3 is 1. The Hall–Kier alpha value is -2.15. The molecule has 1 aromatic heterocycles. The zero-order valence-corrected chi connectivity index (χ0v) is 15.5. The van der Waals surface area contributed by atoms with E-state index in [1.165, 1.54) is 45.0 Å². The van der Waals surface area contributed by atoms with Gasteiger partial charge in [-0.05, 0) is 50.4 Å². The highest BCUT2D eigenvalue weighted by molar-refractivity contribution is 5.94. The fourth-order valence-electron chi connectivity index (χ4n) is 2.90. The van der Waals surface area contributed by atoms with Crippen molar-refractivity contribution in [1.82, 2.24) is 15.2 Å². The van der Waals surface area contributed by atoms with Crippen molar-refractivity contribution in [2.45, 2.75) is 45.1 Å². The summed E-state index contributed by atoms with van der Waals surface area (Å²) < 4.78 is 10.2. The molecule has 7 heteroatoms. The van der Waals surface area contributed by atoms with E-state index in [0.29, 0.717) is 19.0 Å². The quantitative estimate of drug-likeness (QED) is 0.388. The van der Waals surface area contributed by atoms with Gasteiger partial charge < -0.3 is 14.8 Å². The number of unbranched alkanes of at least 4 members (excludes halogenated alkanes) is 1. The van der Waals surface area contributed by atoms with E-state index in [2.05, 4.69) is 19.9 Å². The lowest BCUT2D eigenvalue weighted by Gasteiger charge is -2.26. The van der Waals surface area contributed by atoms with E-state index in [4.69, 9.17) is 4.74 Å². The van der Waals surface area contributed by atoms with Crippen molar-refractivity contribution in [1.29, 1.82) is 0 Å². The van der Waals surface area contributed by atoms with Crippen LogP contribution in [0, 0.1) is 0 Å². The fourth-order valence-corrected chi connectivity index (χ4v) is 2.90. The minimum absolute atomic E-state index is 0.235. The number of hydrogen-bond donors (Lipinski definition) is 1. The van der Waals surface area contributed by atoms with Gasteiger partial charge in [0.05, 0.1) is 13.7 Å². The molecule has 0 radical (unpaired) electrons. The molecule has 0 aromatic carbocycles. The van der Waals surface area contributed by atoms with Crippen LogP contribution in [0.4, 0.5) is 0 Å². The molecular formula is C19H29N3O4. The van der Waals surface area contributed by atoms with E-state index >= 15 is 0 Å². The van der Waals surface area contributed by atoms with Crippen LogP contribution in [0.1, 0.15) is 44.1 Å². The van der Waals surface area contributed by atoms with Crippen LogP contribution in [0.25, 0.3) is 0 Å². The van der Waals surface area contributed by atoms with Gasteiger partial charge in [-0.1, -0.05) is 6.42 Å². The topological polar surface area (TPSA) is 80.8 Å². The van der Waals surface area contributed by atoms with Crippen molar-refractivity contribution in [3.63, 3.8) is 0 Å². The maximum atomic E-state index is 11.4. The third-order valence-electron chi connectivity index (χ3n) is 4.33. The Morgan fingerprint density at radius 3 is 2.81 bits per heavy atom. The van der Waals surface area contributed by atoms with E-state index in [-0.39, 0.29) is 12.3 Å². The summed E-state index contributed by atoms with van der Waals surface area (Å²) in [6.07, 6.45) is 7.04. The number of aromatic nitrogens is 1. The Labute approximate surface area is 155 Å². The summed E-state index contributed by atoms with van der Waals surface area (Å²) >= 11 is 0. The molecule has 1 aromatic rings. The number of nitrogens with one attached hydrogen (secondary N) is 1. The average Bonchev–Trinajstić information content (AvgIpc) is 2.65. The Balaban J connectivity index is 1.60. The molecule has 26 heavy (non-hydrogen) atoms. The Kier molecular flexibility index (Phi) is 8.89. The first-order valence-electron chi connectivity index (χ1n) is 9.31. The summed E-state index contributed by atoms with van der Waals surface area (Å²) in [6, 6.07) is 4.05. The number of carbonyl (C=O) groups is 2. The molecule has 1 fully saturated rings. The first-order chi connectivity index (χ1) is 12.7. The van der Waals surface area contributed by atoms with Gasteiger partial charge in [0.15, 0.2) is 0 Å². The zero-order chi connectivity index (χ0) is 18.6. The summed E-state index contributed by atoms with van der Waals surface area (Å²) in [4.78, 5) is 29.1. The first kappa shape index (κ1) is 20.2. The third-order valence-corrected chi connectivity index (χ3v) is 4.33. The van der Waals surface area contributed by atoms with Gasteiger partial charge in [0, 0.05) is 25.4 Å². The number of piperidine rings is 1. The van der Waals surface area contributed by atoms with Crippen molar-refractivity contribution >= 4 is 11.9 Å². The standard InChI is InChI=1S/C19H29N3O4/c1-25-19(24)14-17(23)20-8-3-6-12-26-18-13-16(7-9-21-18)15-22-10-4-2-5-11-22/h7,9,13H,2-6,8,10-12,14-15H2,1H3,(H,20,23). The number of likely N-dealkylation sites (tertiary alicyclic amines) is 1. The van der Waals surface area contributed by atoms with Gasteiger partial charge in [-0.25, -0.2) is 4.98 Å². The van der Waals surface area contributed by atoms with Gasteiger partial charge in [-0.2, -0.15) is 0 Å². The zero-order valence-electron chi connectivity index (χ0n) is 15.5. The molecule has 1 saturated heterocycles. The maximum absolute atomic E-state index is 11.4. The van der Waals surface area contributed by atoms with Crippen molar-refractivity contribution in [2.24, 2.45) is 0 Å². The Bertz CT molecular complexity index is 574. The van der Waals surface area contributed by atoms with Gasteiger partial charge in [0.1, 0.15) is 6.42 Å². The average molecular weight is 363 g/mol. The van der Waals surface area contributed by atoms with E-state index in [0.717, 1.165) is 19.4 Å². The molecule has 0 bridgehead atoms.